The Bertz CT molecular complexity index is 492. The second kappa shape index (κ2) is 3.94. The van der Waals surface area contributed by atoms with E-state index in [2.05, 4.69) is 21.2 Å². The van der Waals surface area contributed by atoms with Crippen molar-refractivity contribution >= 4 is 47.0 Å². The van der Waals surface area contributed by atoms with Gasteiger partial charge in [-0.25, -0.2) is 0 Å². The minimum Gasteiger partial charge on any atom is -0.294 e. The van der Waals surface area contributed by atoms with Crippen LogP contribution in [-0.2, 0) is 0 Å². The first-order chi connectivity index (χ1) is 6.74. The number of halogens is 1. The number of fused-ring (bicyclic) bond motifs is 1. The summed E-state index contributed by atoms with van der Waals surface area (Å²) in [7, 11) is 1.60. The molecular formula is C10H8INOS. The van der Waals surface area contributed by atoms with E-state index in [1.807, 2.05) is 34.4 Å². The van der Waals surface area contributed by atoms with Crippen LogP contribution in [-0.4, -0.2) is 9.76 Å². The Morgan fingerprint density at radius 2 is 2.21 bits per heavy atom. The fraction of sp³-hybridized carbons (Fsp3) is 0.100. The Kier molecular flexibility index (Phi) is 2.83. The molecule has 4 heteroatoms. The largest absolute Gasteiger partial charge is 0.294 e. The summed E-state index contributed by atoms with van der Waals surface area (Å²) in [5, 5.41) is 1.03. The first kappa shape index (κ1) is 10.0. The Morgan fingerprint density at radius 1 is 1.43 bits per heavy atom. The van der Waals surface area contributed by atoms with Crippen LogP contribution in [0.2, 0.25) is 0 Å². The molecule has 14 heavy (non-hydrogen) atoms. The van der Waals surface area contributed by atoms with Crippen molar-refractivity contribution in [3.63, 3.8) is 0 Å². The van der Waals surface area contributed by atoms with Crippen LogP contribution < -0.4 is 0 Å². The summed E-state index contributed by atoms with van der Waals surface area (Å²) >= 11 is 2.22. The highest BCUT2D eigenvalue weighted by Crippen LogP contribution is 2.26. The van der Waals surface area contributed by atoms with Gasteiger partial charge in [-0.3, -0.25) is 8.77 Å². The van der Waals surface area contributed by atoms with Crippen molar-refractivity contribution < 1.29 is 4.79 Å². The minimum atomic E-state index is 0.117. The molecule has 0 amide bonds. The Balaban J connectivity index is 2.76. The van der Waals surface area contributed by atoms with Crippen molar-refractivity contribution in [3.05, 3.63) is 36.0 Å². The second-order valence-corrected chi connectivity index (χ2v) is 4.72. The third-order valence-electron chi connectivity index (χ3n) is 2.15. The van der Waals surface area contributed by atoms with Crippen molar-refractivity contribution in [1.82, 2.24) is 3.97 Å². The molecule has 0 radical (unpaired) electrons. The first-order valence-electron chi connectivity index (χ1n) is 4.14. The fourth-order valence-corrected chi connectivity index (χ4v) is 2.88. The van der Waals surface area contributed by atoms with Crippen LogP contribution in [0.5, 0.6) is 0 Å². The zero-order valence-electron chi connectivity index (χ0n) is 7.53. The quantitative estimate of drug-likeness (QED) is 0.622. The van der Waals surface area contributed by atoms with Gasteiger partial charge < -0.3 is 0 Å². The molecule has 0 unspecified atom stereocenters. The average molecular weight is 317 g/mol. The Hall–Kier alpha value is -0.490. The number of rotatable bonds is 2. The summed E-state index contributed by atoms with van der Waals surface area (Å²) in [6.45, 7) is 1.60. The first-order valence-corrected chi connectivity index (χ1v) is 7.45. The van der Waals surface area contributed by atoms with Gasteiger partial charge in [-0.15, -0.1) is 0 Å². The number of nitrogens with zero attached hydrogens (tertiary/aromatic N) is 1. The third kappa shape index (κ3) is 1.56. The maximum Gasteiger partial charge on any atom is 0.160 e. The van der Waals surface area contributed by atoms with Gasteiger partial charge in [-0.2, -0.15) is 0 Å². The topological polar surface area (TPSA) is 22.0 Å². The van der Waals surface area contributed by atoms with Crippen LogP contribution >= 0.6 is 30.3 Å². The number of carbonyl (C=O) groups excluding carboxylic acids is 1. The number of benzene rings is 1. The molecule has 1 heterocycles. The second-order valence-electron chi connectivity index (χ2n) is 3.01. The van der Waals surface area contributed by atoms with E-state index >= 15 is 0 Å². The highest BCUT2D eigenvalue weighted by molar-refractivity contribution is 14.2. The summed E-state index contributed by atoms with van der Waals surface area (Å²) in [6, 6.07) is 7.79. The molecule has 0 N–H and O–H groups in total. The summed E-state index contributed by atoms with van der Waals surface area (Å²) in [4.78, 5) is 11.3. The SMILES string of the molecule is CC(=O)c1cccc2c1ccn2SI. The lowest BCUT2D eigenvalue weighted by molar-refractivity contribution is 0.101. The van der Waals surface area contributed by atoms with E-state index in [0.29, 0.717) is 0 Å². The van der Waals surface area contributed by atoms with E-state index < -0.39 is 0 Å². The van der Waals surface area contributed by atoms with E-state index in [0.717, 1.165) is 16.5 Å². The number of ketones is 1. The van der Waals surface area contributed by atoms with E-state index in [4.69, 9.17) is 0 Å². The molecule has 2 rings (SSSR count). The molecule has 0 aliphatic heterocycles. The predicted molar refractivity (Wildman–Crippen MR) is 69.0 cm³/mol. The predicted octanol–water partition coefficient (Wildman–Crippen LogP) is 3.69. The van der Waals surface area contributed by atoms with Crippen LogP contribution in [0.4, 0.5) is 0 Å². The molecule has 0 saturated carbocycles. The van der Waals surface area contributed by atoms with Crippen molar-refractivity contribution in [2.24, 2.45) is 0 Å². The van der Waals surface area contributed by atoms with E-state index in [-0.39, 0.29) is 5.78 Å². The van der Waals surface area contributed by atoms with Gasteiger partial charge in [0.1, 0.15) is 0 Å². The monoisotopic (exact) mass is 317 g/mol. The van der Waals surface area contributed by atoms with Crippen LogP contribution in [0.15, 0.2) is 30.5 Å². The van der Waals surface area contributed by atoms with Gasteiger partial charge in [-0.1, -0.05) is 12.1 Å². The number of Topliss-reactive ketones (excluding diaryl/α,β-unsaturated/α-hetero) is 1. The molecule has 0 aliphatic rings. The van der Waals surface area contributed by atoms with Crippen molar-refractivity contribution in [2.75, 3.05) is 0 Å². The molecule has 72 valence electrons. The number of hydrogen-bond donors (Lipinski definition) is 0. The van der Waals surface area contributed by atoms with E-state index in [1.165, 1.54) is 0 Å². The Labute approximate surface area is 98.4 Å². The van der Waals surface area contributed by atoms with Crippen molar-refractivity contribution in [1.29, 1.82) is 0 Å². The maximum absolute atomic E-state index is 11.3. The molecule has 0 bridgehead atoms. The Morgan fingerprint density at radius 3 is 2.86 bits per heavy atom. The zero-order valence-corrected chi connectivity index (χ0v) is 10.5. The molecular weight excluding hydrogens is 309 g/mol. The van der Waals surface area contributed by atoms with Gasteiger partial charge in [0.25, 0.3) is 0 Å². The highest BCUT2D eigenvalue weighted by atomic mass is 127. The third-order valence-corrected chi connectivity index (χ3v) is 3.89. The molecule has 0 saturated heterocycles. The molecule has 0 spiro atoms. The van der Waals surface area contributed by atoms with Crippen molar-refractivity contribution in [3.8, 4) is 0 Å². The summed E-state index contributed by atoms with van der Waals surface area (Å²) in [5.41, 5.74) is 1.89. The highest BCUT2D eigenvalue weighted by Gasteiger charge is 2.07. The molecule has 0 aliphatic carbocycles. The average Bonchev–Trinajstić information content (AvgIpc) is 2.59. The number of hydrogen-bond acceptors (Lipinski definition) is 2. The lowest BCUT2D eigenvalue weighted by atomic mass is 10.1. The lowest BCUT2D eigenvalue weighted by Crippen LogP contribution is -1.92. The normalized spacial score (nSPS) is 10.7. The van der Waals surface area contributed by atoms with Gasteiger partial charge in [0, 0.05) is 47.5 Å². The van der Waals surface area contributed by atoms with Gasteiger partial charge in [0.05, 0.1) is 5.52 Å². The van der Waals surface area contributed by atoms with Crippen molar-refractivity contribution in [2.45, 2.75) is 6.92 Å². The standard InChI is InChI=1S/C10H8INOS/c1-7(13)8-3-2-4-10-9(8)5-6-12(10)14-11/h2-6H,1H3. The van der Waals surface area contributed by atoms with Gasteiger partial charge in [0.15, 0.2) is 5.78 Å². The molecule has 2 aromatic rings. The molecule has 2 nitrogen and oxygen atoms in total. The van der Waals surface area contributed by atoms with Gasteiger partial charge in [-0.05, 0) is 19.1 Å². The van der Waals surface area contributed by atoms with Crippen LogP contribution in [0, 0.1) is 0 Å². The van der Waals surface area contributed by atoms with Crippen LogP contribution in [0.25, 0.3) is 10.9 Å². The fourth-order valence-electron chi connectivity index (χ4n) is 1.51. The van der Waals surface area contributed by atoms with Crippen LogP contribution in [0.1, 0.15) is 17.3 Å². The number of carbonyl (C=O) groups is 1. The number of aromatic nitrogens is 1. The lowest BCUT2D eigenvalue weighted by Gasteiger charge is -2.00. The summed E-state index contributed by atoms with van der Waals surface area (Å²) in [6.07, 6.45) is 1.98. The zero-order chi connectivity index (χ0) is 10.1. The van der Waals surface area contributed by atoms with Gasteiger partial charge in [0.2, 0.25) is 0 Å². The summed E-state index contributed by atoms with van der Waals surface area (Å²) < 4.78 is 2.04. The minimum absolute atomic E-state index is 0.117. The van der Waals surface area contributed by atoms with E-state index in [1.54, 1.807) is 16.0 Å². The maximum atomic E-state index is 11.3. The molecule has 1 aromatic carbocycles. The van der Waals surface area contributed by atoms with E-state index in [9.17, 15) is 4.79 Å². The summed E-state index contributed by atoms with van der Waals surface area (Å²) in [5.74, 6) is 0.117. The molecule has 1 aromatic heterocycles. The molecule has 0 atom stereocenters. The van der Waals surface area contributed by atoms with Crippen LogP contribution in [0.3, 0.4) is 0 Å². The van der Waals surface area contributed by atoms with Gasteiger partial charge >= 0.3 is 0 Å². The molecule has 0 fully saturated rings. The smallest absolute Gasteiger partial charge is 0.160 e.